The zero-order valence-corrected chi connectivity index (χ0v) is 12.0. The van der Waals surface area contributed by atoms with E-state index in [4.69, 9.17) is 4.74 Å². The third-order valence-electron chi connectivity index (χ3n) is 2.90. The van der Waals surface area contributed by atoms with Crippen molar-refractivity contribution in [2.24, 2.45) is 0 Å². The van der Waals surface area contributed by atoms with Gasteiger partial charge in [-0.25, -0.2) is 9.97 Å². The fourth-order valence-electron chi connectivity index (χ4n) is 1.92. The van der Waals surface area contributed by atoms with Crippen LogP contribution in [-0.4, -0.2) is 23.1 Å². The molecule has 2 aromatic rings. The number of nitrogens with zero attached hydrogens (tertiary/aromatic N) is 2. The highest BCUT2D eigenvalue weighted by molar-refractivity contribution is 5.34. The number of halogens is 3. The number of benzene rings is 1. The average molecular weight is 311 g/mol. The number of para-hydroxylation sites is 1. The third-order valence-corrected chi connectivity index (χ3v) is 2.90. The quantitative estimate of drug-likeness (QED) is 0.886. The van der Waals surface area contributed by atoms with Crippen molar-refractivity contribution >= 4 is 5.95 Å². The molecule has 0 aliphatic rings. The molecule has 1 aromatic carbocycles. The highest BCUT2D eigenvalue weighted by Gasteiger charge is 2.32. The molecule has 1 heterocycles. The van der Waals surface area contributed by atoms with Gasteiger partial charge in [0.05, 0.1) is 6.61 Å². The van der Waals surface area contributed by atoms with Gasteiger partial charge in [0.1, 0.15) is 11.4 Å². The van der Waals surface area contributed by atoms with Gasteiger partial charge in [-0.05, 0) is 31.0 Å². The maximum absolute atomic E-state index is 12.6. The lowest BCUT2D eigenvalue weighted by molar-refractivity contribution is -0.141. The van der Waals surface area contributed by atoms with Crippen molar-refractivity contribution in [1.82, 2.24) is 9.97 Å². The second-order valence-electron chi connectivity index (χ2n) is 4.48. The smallest absolute Gasteiger partial charge is 0.433 e. The standard InChI is InChI=1S/C15H16F3N3O/c1-2-22-12-6-4-3-5-11(12)7-9-19-14-20-10-8-13(21-14)15(16,17)18/h3-6,8,10H,2,7,9H2,1H3,(H,19,20,21). The zero-order chi connectivity index (χ0) is 16.0. The molecule has 0 aliphatic heterocycles. The summed E-state index contributed by atoms with van der Waals surface area (Å²) in [5, 5.41) is 2.80. The molecule has 0 radical (unpaired) electrons. The molecule has 0 aliphatic carbocycles. The van der Waals surface area contributed by atoms with E-state index in [1.165, 1.54) is 0 Å². The minimum atomic E-state index is -4.47. The van der Waals surface area contributed by atoms with E-state index in [0.717, 1.165) is 23.6 Å². The zero-order valence-electron chi connectivity index (χ0n) is 12.0. The van der Waals surface area contributed by atoms with Crippen LogP contribution in [0.15, 0.2) is 36.5 Å². The van der Waals surface area contributed by atoms with Gasteiger partial charge in [0.15, 0.2) is 0 Å². The van der Waals surface area contributed by atoms with E-state index >= 15 is 0 Å². The molecule has 0 atom stereocenters. The molecule has 7 heteroatoms. The topological polar surface area (TPSA) is 47.0 Å². The number of ether oxygens (including phenoxy) is 1. The van der Waals surface area contributed by atoms with Crippen molar-refractivity contribution in [3.8, 4) is 5.75 Å². The minimum Gasteiger partial charge on any atom is -0.494 e. The number of hydrogen-bond donors (Lipinski definition) is 1. The van der Waals surface area contributed by atoms with Gasteiger partial charge in [-0.3, -0.25) is 0 Å². The fraction of sp³-hybridized carbons (Fsp3) is 0.333. The van der Waals surface area contributed by atoms with E-state index in [2.05, 4.69) is 15.3 Å². The van der Waals surface area contributed by atoms with Crippen LogP contribution in [0.3, 0.4) is 0 Å². The van der Waals surface area contributed by atoms with E-state index in [0.29, 0.717) is 19.6 Å². The number of alkyl halides is 3. The van der Waals surface area contributed by atoms with Crippen LogP contribution < -0.4 is 10.1 Å². The second-order valence-corrected chi connectivity index (χ2v) is 4.48. The minimum absolute atomic E-state index is 0.0382. The fourth-order valence-corrected chi connectivity index (χ4v) is 1.92. The monoisotopic (exact) mass is 311 g/mol. The van der Waals surface area contributed by atoms with Crippen molar-refractivity contribution in [2.75, 3.05) is 18.5 Å². The first-order chi connectivity index (χ1) is 10.5. The van der Waals surface area contributed by atoms with Crippen LogP contribution in [-0.2, 0) is 12.6 Å². The number of rotatable bonds is 6. The Kier molecular flexibility index (Phi) is 5.19. The molecular formula is C15H16F3N3O. The molecule has 0 spiro atoms. The lowest BCUT2D eigenvalue weighted by atomic mass is 10.1. The molecule has 118 valence electrons. The number of aromatic nitrogens is 2. The number of nitrogens with one attached hydrogen (secondary N) is 1. The summed E-state index contributed by atoms with van der Waals surface area (Å²) in [4.78, 5) is 7.24. The van der Waals surface area contributed by atoms with Gasteiger partial charge >= 0.3 is 6.18 Å². The molecule has 0 bridgehead atoms. The largest absolute Gasteiger partial charge is 0.494 e. The van der Waals surface area contributed by atoms with Crippen LogP contribution in [0.1, 0.15) is 18.2 Å². The maximum atomic E-state index is 12.6. The third kappa shape index (κ3) is 4.34. The first kappa shape index (κ1) is 16.1. The molecular weight excluding hydrogens is 295 g/mol. The van der Waals surface area contributed by atoms with Crippen LogP contribution in [0.5, 0.6) is 5.75 Å². The summed E-state index contributed by atoms with van der Waals surface area (Å²) in [5.74, 6) is 0.737. The Morgan fingerprint density at radius 2 is 1.95 bits per heavy atom. The first-order valence-electron chi connectivity index (χ1n) is 6.85. The Bertz CT molecular complexity index is 617. The van der Waals surface area contributed by atoms with Crippen LogP contribution >= 0.6 is 0 Å². The molecule has 1 aromatic heterocycles. The van der Waals surface area contributed by atoms with Gasteiger partial charge < -0.3 is 10.1 Å². The molecule has 4 nitrogen and oxygen atoms in total. The van der Waals surface area contributed by atoms with Crippen LogP contribution in [0, 0.1) is 0 Å². The Morgan fingerprint density at radius 1 is 1.18 bits per heavy atom. The molecule has 0 saturated heterocycles. The van der Waals surface area contributed by atoms with Crippen molar-refractivity contribution in [3.05, 3.63) is 47.8 Å². The average Bonchev–Trinajstić information content (AvgIpc) is 2.49. The van der Waals surface area contributed by atoms with Crippen molar-refractivity contribution in [3.63, 3.8) is 0 Å². The van der Waals surface area contributed by atoms with Gasteiger partial charge in [-0.1, -0.05) is 18.2 Å². The van der Waals surface area contributed by atoms with Gasteiger partial charge in [-0.2, -0.15) is 13.2 Å². The Morgan fingerprint density at radius 3 is 2.68 bits per heavy atom. The summed E-state index contributed by atoms with van der Waals surface area (Å²) in [5.41, 5.74) is 0.0172. The molecule has 0 unspecified atom stereocenters. The van der Waals surface area contributed by atoms with E-state index in [1.54, 1.807) is 0 Å². The van der Waals surface area contributed by atoms with Crippen molar-refractivity contribution in [2.45, 2.75) is 19.5 Å². The van der Waals surface area contributed by atoms with E-state index in [1.807, 2.05) is 31.2 Å². The Balaban J connectivity index is 1.97. The number of hydrogen-bond acceptors (Lipinski definition) is 4. The van der Waals surface area contributed by atoms with E-state index in [-0.39, 0.29) is 5.95 Å². The van der Waals surface area contributed by atoms with Crippen LogP contribution in [0.2, 0.25) is 0 Å². The van der Waals surface area contributed by atoms with E-state index < -0.39 is 11.9 Å². The Hall–Kier alpha value is -2.31. The van der Waals surface area contributed by atoms with Gasteiger partial charge in [0.2, 0.25) is 5.95 Å². The van der Waals surface area contributed by atoms with Crippen molar-refractivity contribution < 1.29 is 17.9 Å². The van der Waals surface area contributed by atoms with Gasteiger partial charge in [0.25, 0.3) is 0 Å². The molecule has 2 rings (SSSR count). The summed E-state index contributed by atoms with van der Waals surface area (Å²) in [6.07, 6.45) is -2.79. The molecule has 0 amide bonds. The summed E-state index contributed by atoms with van der Waals surface area (Å²) >= 11 is 0. The molecule has 22 heavy (non-hydrogen) atoms. The van der Waals surface area contributed by atoms with E-state index in [9.17, 15) is 13.2 Å². The predicted octanol–water partition coefficient (Wildman–Crippen LogP) is 3.55. The molecule has 0 saturated carbocycles. The first-order valence-corrected chi connectivity index (χ1v) is 6.85. The lowest BCUT2D eigenvalue weighted by Gasteiger charge is -2.11. The summed E-state index contributed by atoms with van der Waals surface area (Å²) in [7, 11) is 0. The van der Waals surface area contributed by atoms with Gasteiger partial charge in [0, 0.05) is 12.7 Å². The van der Waals surface area contributed by atoms with Gasteiger partial charge in [-0.15, -0.1) is 0 Å². The normalized spacial score (nSPS) is 11.3. The van der Waals surface area contributed by atoms with Crippen LogP contribution in [0.25, 0.3) is 0 Å². The highest BCUT2D eigenvalue weighted by atomic mass is 19.4. The number of anilines is 1. The Labute approximate surface area is 126 Å². The maximum Gasteiger partial charge on any atom is 0.433 e. The highest BCUT2D eigenvalue weighted by Crippen LogP contribution is 2.27. The summed E-state index contributed by atoms with van der Waals surface area (Å²) in [6.45, 7) is 2.86. The summed E-state index contributed by atoms with van der Waals surface area (Å²) in [6, 6.07) is 8.38. The van der Waals surface area contributed by atoms with Crippen LogP contribution in [0.4, 0.5) is 19.1 Å². The lowest BCUT2D eigenvalue weighted by Crippen LogP contribution is -2.13. The molecule has 1 N–H and O–H groups in total. The SMILES string of the molecule is CCOc1ccccc1CCNc1nccc(C(F)(F)F)n1. The molecule has 0 fully saturated rings. The second kappa shape index (κ2) is 7.11. The predicted molar refractivity (Wildman–Crippen MR) is 76.8 cm³/mol. The van der Waals surface area contributed by atoms with Crippen molar-refractivity contribution in [1.29, 1.82) is 0 Å². The summed E-state index contributed by atoms with van der Waals surface area (Å²) < 4.78 is 43.2.